The van der Waals surface area contributed by atoms with E-state index in [9.17, 15) is 22.8 Å². The molecule has 0 saturated heterocycles. The predicted molar refractivity (Wildman–Crippen MR) is 107 cm³/mol. The highest BCUT2D eigenvalue weighted by molar-refractivity contribution is 5.97. The molecule has 3 aromatic rings. The van der Waals surface area contributed by atoms with Crippen LogP contribution in [0.3, 0.4) is 0 Å². The lowest BCUT2D eigenvalue weighted by molar-refractivity contribution is -0.137. The van der Waals surface area contributed by atoms with Crippen molar-refractivity contribution >= 4 is 11.8 Å². The fraction of sp³-hybridized carbons (Fsp3) is 0.130. The van der Waals surface area contributed by atoms with Gasteiger partial charge in [0.25, 0.3) is 5.91 Å². The van der Waals surface area contributed by atoms with Gasteiger partial charge in [0.2, 0.25) is 5.91 Å². The summed E-state index contributed by atoms with van der Waals surface area (Å²) >= 11 is 0. The van der Waals surface area contributed by atoms with Gasteiger partial charge in [-0.05, 0) is 35.4 Å². The van der Waals surface area contributed by atoms with Crippen molar-refractivity contribution in [1.82, 2.24) is 5.32 Å². The molecule has 0 radical (unpaired) electrons. The molecule has 0 heterocycles. The molecule has 30 heavy (non-hydrogen) atoms. The standard InChI is InChI=1S/C23H19F3N2O2/c24-23(25,26)18-13-11-17(12-14-18)22(30)28-20(21(27)29)19(15-7-3-1-4-8-15)16-9-5-2-6-10-16/h1-14,19-20H,(H2,27,29)(H,28,30)/t20-/m0/s1. The Morgan fingerprint density at radius 2 is 1.23 bits per heavy atom. The number of rotatable bonds is 6. The van der Waals surface area contributed by atoms with E-state index in [4.69, 9.17) is 5.73 Å². The first-order valence-corrected chi connectivity index (χ1v) is 9.14. The summed E-state index contributed by atoms with van der Waals surface area (Å²) < 4.78 is 38.3. The molecule has 2 amide bonds. The third-order valence-electron chi connectivity index (χ3n) is 4.72. The smallest absolute Gasteiger partial charge is 0.368 e. The first-order chi connectivity index (χ1) is 14.3. The van der Waals surface area contributed by atoms with E-state index in [-0.39, 0.29) is 5.56 Å². The molecule has 0 bridgehead atoms. The highest BCUT2D eigenvalue weighted by atomic mass is 19.4. The van der Waals surface area contributed by atoms with E-state index in [0.717, 1.165) is 35.4 Å². The first kappa shape index (κ1) is 21.1. The molecule has 0 saturated carbocycles. The zero-order valence-electron chi connectivity index (χ0n) is 15.8. The number of benzene rings is 3. The van der Waals surface area contributed by atoms with Crippen molar-refractivity contribution in [2.45, 2.75) is 18.1 Å². The molecule has 154 valence electrons. The van der Waals surface area contributed by atoms with E-state index in [1.807, 2.05) is 36.4 Å². The van der Waals surface area contributed by atoms with Gasteiger partial charge >= 0.3 is 6.18 Å². The number of carbonyl (C=O) groups excluding carboxylic acids is 2. The average Bonchev–Trinajstić information content (AvgIpc) is 2.74. The molecule has 0 unspecified atom stereocenters. The molecule has 0 aliphatic rings. The summed E-state index contributed by atoms with van der Waals surface area (Å²) in [7, 11) is 0. The fourth-order valence-electron chi connectivity index (χ4n) is 3.25. The molecule has 3 aromatic carbocycles. The van der Waals surface area contributed by atoms with E-state index >= 15 is 0 Å². The van der Waals surface area contributed by atoms with Gasteiger partial charge in [-0.2, -0.15) is 13.2 Å². The number of carbonyl (C=O) groups is 2. The summed E-state index contributed by atoms with van der Waals surface area (Å²) in [5.41, 5.74) is 6.28. The third kappa shape index (κ3) is 4.86. The number of primary amides is 1. The van der Waals surface area contributed by atoms with Crippen molar-refractivity contribution in [2.24, 2.45) is 5.73 Å². The lowest BCUT2D eigenvalue weighted by Gasteiger charge is -2.27. The summed E-state index contributed by atoms with van der Waals surface area (Å²) in [6.45, 7) is 0. The molecule has 0 aliphatic carbocycles. The lowest BCUT2D eigenvalue weighted by atomic mass is 9.84. The van der Waals surface area contributed by atoms with Gasteiger partial charge in [-0.3, -0.25) is 9.59 Å². The summed E-state index contributed by atoms with van der Waals surface area (Å²) in [6.07, 6.45) is -4.50. The number of nitrogens with one attached hydrogen (secondary N) is 1. The van der Waals surface area contributed by atoms with Crippen LogP contribution in [0.2, 0.25) is 0 Å². The first-order valence-electron chi connectivity index (χ1n) is 9.14. The minimum absolute atomic E-state index is 0.00544. The maximum Gasteiger partial charge on any atom is 0.416 e. The van der Waals surface area contributed by atoms with Gasteiger partial charge in [-0.1, -0.05) is 60.7 Å². The molecule has 3 N–H and O–H groups in total. The van der Waals surface area contributed by atoms with Crippen molar-refractivity contribution in [2.75, 3.05) is 0 Å². The summed E-state index contributed by atoms with van der Waals surface area (Å²) in [4.78, 5) is 25.0. The summed E-state index contributed by atoms with van der Waals surface area (Å²) in [5, 5.41) is 2.59. The summed E-state index contributed by atoms with van der Waals surface area (Å²) in [5.74, 6) is -2.01. The monoisotopic (exact) mass is 412 g/mol. The van der Waals surface area contributed by atoms with E-state index in [0.29, 0.717) is 0 Å². The zero-order chi connectivity index (χ0) is 21.7. The Balaban J connectivity index is 1.93. The molecule has 0 aliphatic heterocycles. The van der Waals surface area contributed by atoms with E-state index in [2.05, 4.69) is 5.32 Å². The zero-order valence-corrected chi connectivity index (χ0v) is 15.8. The Labute approximate surface area is 171 Å². The number of hydrogen-bond donors (Lipinski definition) is 2. The van der Waals surface area contributed by atoms with Crippen molar-refractivity contribution in [3.05, 3.63) is 107 Å². The Hall–Kier alpha value is -3.61. The van der Waals surface area contributed by atoms with Crippen LogP contribution >= 0.6 is 0 Å². The van der Waals surface area contributed by atoms with Crippen LogP contribution in [0, 0.1) is 0 Å². The van der Waals surface area contributed by atoms with E-state index in [1.165, 1.54) is 0 Å². The molecule has 1 atom stereocenters. The molecule has 0 spiro atoms. The molecular formula is C23H19F3N2O2. The van der Waals surface area contributed by atoms with Crippen molar-refractivity contribution in [1.29, 1.82) is 0 Å². The van der Waals surface area contributed by atoms with Crippen LogP contribution in [0.5, 0.6) is 0 Å². The van der Waals surface area contributed by atoms with Gasteiger partial charge in [0.05, 0.1) is 5.56 Å². The van der Waals surface area contributed by atoms with Gasteiger partial charge in [-0.25, -0.2) is 0 Å². The molecule has 3 rings (SSSR count). The predicted octanol–water partition coefficient (Wildman–Crippen LogP) is 4.12. The molecule has 4 nitrogen and oxygen atoms in total. The van der Waals surface area contributed by atoms with Gasteiger partial charge in [0.1, 0.15) is 6.04 Å². The maximum atomic E-state index is 12.8. The van der Waals surface area contributed by atoms with Crippen LogP contribution < -0.4 is 11.1 Å². The Morgan fingerprint density at radius 1 is 0.767 bits per heavy atom. The molecular weight excluding hydrogens is 393 g/mol. The van der Waals surface area contributed by atoms with Crippen LogP contribution in [-0.4, -0.2) is 17.9 Å². The molecule has 0 aromatic heterocycles. The maximum absolute atomic E-state index is 12.8. The Morgan fingerprint density at radius 3 is 1.63 bits per heavy atom. The number of halogens is 3. The van der Waals surface area contributed by atoms with Crippen molar-refractivity contribution in [3.8, 4) is 0 Å². The Bertz CT molecular complexity index is 965. The quantitative estimate of drug-likeness (QED) is 0.639. The normalized spacial score (nSPS) is 12.4. The molecule has 7 heteroatoms. The van der Waals surface area contributed by atoms with Crippen LogP contribution in [0.25, 0.3) is 0 Å². The van der Waals surface area contributed by atoms with E-state index < -0.39 is 35.5 Å². The van der Waals surface area contributed by atoms with Crippen LogP contribution in [0.4, 0.5) is 13.2 Å². The van der Waals surface area contributed by atoms with Gasteiger partial charge < -0.3 is 11.1 Å². The number of amides is 2. The van der Waals surface area contributed by atoms with Gasteiger partial charge in [0.15, 0.2) is 0 Å². The largest absolute Gasteiger partial charge is 0.416 e. The van der Waals surface area contributed by atoms with Crippen molar-refractivity contribution < 1.29 is 22.8 Å². The fourth-order valence-corrected chi connectivity index (χ4v) is 3.25. The average molecular weight is 412 g/mol. The van der Waals surface area contributed by atoms with Crippen LogP contribution in [0.15, 0.2) is 84.9 Å². The summed E-state index contributed by atoms with van der Waals surface area (Å²) in [6, 6.07) is 20.8. The minimum atomic E-state index is -4.50. The molecule has 0 fully saturated rings. The van der Waals surface area contributed by atoms with Crippen LogP contribution in [-0.2, 0) is 11.0 Å². The van der Waals surface area contributed by atoms with Crippen molar-refractivity contribution in [3.63, 3.8) is 0 Å². The second-order valence-corrected chi connectivity index (χ2v) is 6.73. The second-order valence-electron chi connectivity index (χ2n) is 6.73. The number of alkyl halides is 3. The minimum Gasteiger partial charge on any atom is -0.368 e. The number of hydrogen-bond acceptors (Lipinski definition) is 2. The Kier molecular flexibility index (Phi) is 6.20. The van der Waals surface area contributed by atoms with E-state index in [1.54, 1.807) is 24.3 Å². The topological polar surface area (TPSA) is 72.2 Å². The highest BCUT2D eigenvalue weighted by Crippen LogP contribution is 2.30. The van der Waals surface area contributed by atoms with Crippen LogP contribution in [0.1, 0.15) is 33.0 Å². The van der Waals surface area contributed by atoms with Gasteiger partial charge in [-0.15, -0.1) is 0 Å². The lowest BCUT2D eigenvalue weighted by Crippen LogP contribution is -2.48. The SMILES string of the molecule is NC(=O)[C@@H](NC(=O)c1ccc(C(F)(F)F)cc1)C(c1ccccc1)c1ccccc1. The highest BCUT2D eigenvalue weighted by Gasteiger charge is 2.32. The second kappa shape index (κ2) is 8.82. The van der Waals surface area contributed by atoms with Gasteiger partial charge in [0, 0.05) is 11.5 Å². The number of nitrogens with two attached hydrogens (primary N) is 1. The third-order valence-corrected chi connectivity index (χ3v) is 4.72.